The molecule has 25 heavy (non-hydrogen) atoms. The Morgan fingerprint density at radius 1 is 1.16 bits per heavy atom. The van der Waals surface area contributed by atoms with Crippen molar-refractivity contribution in [2.45, 2.75) is 13.8 Å². The molecule has 3 aromatic heterocycles. The van der Waals surface area contributed by atoms with Crippen molar-refractivity contribution < 1.29 is 4.79 Å². The molecule has 3 heterocycles. The molecular formula is C18H14ClN5O. The normalized spacial score (nSPS) is 10.2. The molecule has 0 atom stereocenters. The van der Waals surface area contributed by atoms with Gasteiger partial charge in [-0.25, -0.2) is 9.97 Å². The van der Waals surface area contributed by atoms with Gasteiger partial charge in [0.05, 0.1) is 17.6 Å². The van der Waals surface area contributed by atoms with Crippen LogP contribution in [0.2, 0.25) is 5.15 Å². The van der Waals surface area contributed by atoms with Gasteiger partial charge in [-0.3, -0.25) is 14.3 Å². The Morgan fingerprint density at radius 2 is 1.96 bits per heavy atom. The lowest BCUT2D eigenvalue weighted by atomic mass is 10.3. The van der Waals surface area contributed by atoms with E-state index in [0.29, 0.717) is 27.9 Å². The molecule has 0 spiro atoms. The SMILES string of the molecule is Cc1ccc(-n2c(C(N)=O)nc(C#Cc3cccc(Cl)n3)c2C)cn1. The van der Waals surface area contributed by atoms with E-state index in [4.69, 9.17) is 17.3 Å². The van der Waals surface area contributed by atoms with Crippen LogP contribution in [-0.2, 0) is 0 Å². The number of halogens is 1. The highest BCUT2D eigenvalue weighted by molar-refractivity contribution is 6.29. The zero-order chi connectivity index (χ0) is 18.0. The van der Waals surface area contributed by atoms with E-state index in [2.05, 4.69) is 26.8 Å². The van der Waals surface area contributed by atoms with Crippen LogP contribution in [0.15, 0.2) is 36.5 Å². The Morgan fingerprint density at radius 3 is 2.60 bits per heavy atom. The van der Waals surface area contributed by atoms with Crippen molar-refractivity contribution in [2.24, 2.45) is 5.73 Å². The van der Waals surface area contributed by atoms with Crippen molar-refractivity contribution in [3.63, 3.8) is 0 Å². The predicted octanol–water partition coefficient (Wildman–Crippen LogP) is 2.43. The summed E-state index contributed by atoms with van der Waals surface area (Å²) in [5.41, 5.74) is 8.68. The van der Waals surface area contributed by atoms with Gasteiger partial charge in [-0.1, -0.05) is 17.7 Å². The molecule has 7 heteroatoms. The van der Waals surface area contributed by atoms with Crippen molar-refractivity contribution in [3.8, 4) is 17.5 Å². The molecule has 124 valence electrons. The fraction of sp³-hybridized carbons (Fsp3) is 0.111. The highest BCUT2D eigenvalue weighted by Gasteiger charge is 2.18. The average Bonchev–Trinajstić information content (AvgIpc) is 2.91. The number of amides is 1. The van der Waals surface area contributed by atoms with Crippen LogP contribution in [0.4, 0.5) is 0 Å². The lowest BCUT2D eigenvalue weighted by molar-refractivity contribution is 0.0988. The van der Waals surface area contributed by atoms with Crippen LogP contribution >= 0.6 is 11.6 Å². The summed E-state index contributed by atoms with van der Waals surface area (Å²) >= 11 is 5.85. The second-order valence-corrected chi connectivity index (χ2v) is 5.71. The Bertz CT molecular complexity index is 1010. The van der Waals surface area contributed by atoms with Gasteiger partial charge in [0.2, 0.25) is 5.82 Å². The molecule has 0 aliphatic rings. The number of aryl methyl sites for hydroxylation is 1. The summed E-state index contributed by atoms with van der Waals surface area (Å²) in [6.07, 6.45) is 1.66. The van der Waals surface area contributed by atoms with E-state index < -0.39 is 5.91 Å². The second-order valence-electron chi connectivity index (χ2n) is 5.32. The molecule has 3 aromatic rings. The topological polar surface area (TPSA) is 86.7 Å². The number of nitrogens with two attached hydrogens (primary N) is 1. The smallest absolute Gasteiger partial charge is 0.285 e. The third-order valence-electron chi connectivity index (χ3n) is 3.51. The Balaban J connectivity index is 2.10. The van der Waals surface area contributed by atoms with Gasteiger partial charge in [-0.2, -0.15) is 0 Å². The van der Waals surface area contributed by atoms with E-state index >= 15 is 0 Å². The van der Waals surface area contributed by atoms with Crippen LogP contribution < -0.4 is 5.73 Å². The van der Waals surface area contributed by atoms with Gasteiger partial charge >= 0.3 is 0 Å². The summed E-state index contributed by atoms with van der Waals surface area (Å²) in [5, 5.41) is 0.359. The van der Waals surface area contributed by atoms with Crippen LogP contribution in [0, 0.1) is 25.7 Å². The van der Waals surface area contributed by atoms with E-state index in [1.165, 1.54) is 0 Å². The van der Waals surface area contributed by atoms with Crippen molar-refractivity contribution in [3.05, 3.63) is 70.3 Å². The van der Waals surface area contributed by atoms with Gasteiger partial charge in [0, 0.05) is 5.69 Å². The van der Waals surface area contributed by atoms with E-state index in [9.17, 15) is 4.79 Å². The third kappa shape index (κ3) is 3.52. The maximum atomic E-state index is 11.8. The molecule has 0 aliphatic carbocycles. The number of carbonyl (C=O) groups is 1. The minimum absolute atomic E-state index is 0.103. The molecule has 0 fully saturated rings. The van der Waals surface area contributed by atoms with E-state index in [0.717, 1.165) is 5.69 Å². The molecule has 0 aliphatic heterocycles. The molecule has 0 saturated carbocycles. The molecule has 2 N–H and O–H groups in total. The van der Waals surface area contributed by atoms with Gasteiger partial charge in [0.1, 0.15) is 16.5 Å². The molecule has 0 unspecified atom stereocenters. The minimum atomic E-state index is -0.641. The van der Waals surface area contributed by atoms with E-state index in [1.807, 2.05) is 26.0 Å². The third-order valence-corrected chi connectivity index (χ3v) is 3.72. The first-order valence-electron chi connectivity index (χ1n) is 7.42. The van der Waals surface area contributed by atoms with Crippen LogP contribution in [-0.4, -0.2) is 25.4 Å². The fourth-order valence-electron chi connectivity index (χ4n) is 2.29. The zero-order valence-electron chi connectivity index (χ0n) is 13.6. The van der Waals surface area contributed by atoms with Crippen LogP contribution in [0.25, 0.3) is 5.69 Å². The van der Waals surface area contributed by atoms with Gasteiger partial charge in [0.15, 0.2) is 0 Å². The van der Waals surface area contributed by atoms with Gasteiger partial charge in [0.25, 0.3) is 5.91 Å². The average molecular weight is 352 g/mol. The maximum Gasteiger partial charge on any atom is 0.285 e. The Labute approximate surface area is 149 Å². The standard InChI is InChI=1S/C18H14ClN5O/c1-11-6-8-14(10-21-11)24-12(2)15(23-18(24)17(20)25)9-7-13-4-3-5-16(19)22-13/h3-6,8,10H,1-2H3,(H2,20,25). The number of aromatic nitrogens is 4. The van der Waals surface area contributed by atoms with Crippen molar-refractivity contribution in [2.75, 3.05) is 0 Å². The van der Waals surface area contributed by atoms with Gasteiger partial charge < -0.3 is 5.73 Å². The van der Waals surface area contributed by atoms with Crippen LogP contribution in [0.3, 0.4) is 0 Å². The van der Waals surface area contributed by atoms with Crippen molar-refractivity contribution in [1.29, 1.82) is 0 Å². The van der Waals surface area contributed by atoms with Crippen molar-refractivity contribution >= 4 is 17.5 Å². The van der Waals surface area contributed by atoms with Gasteiger partial charge in [-0.15, -0.1) is 0 Å². The lowest BCUT2D eigenvalue weighted by Gasteiger charge is -2.07. The predicted molar refractivity (Wildman–Crippen MR) is 94.6 cm³/mol. The quantitative estimate of drug-likeness (QED) is 0.567. The highest BCUT2D eigenvalue weighted by Crippen LogP contribution is 2.17. The molecule has 1 amide bonds. The molecule has 6 nitrogen and oxygen atoms in total. The summed E-state index contributed by atoms with van der Waals surface area (Å²) in [5.74, 6) is 5.28. The summed E-state index contributed by atoms with van der Waals surface area (Å²) in [6.45, 7) is 3.70. The number of hydrogen-bond donors (Lipinski definition) is 1. The molecule has 0 bridgehead atoms. The Kier molecular flexibility index (Phi) is 4.50. The van der Waals surface area contributed by atoms with Crippen LogP contribution in [0.5, 0.6) is 0 Å². The number of imidazole rings is 1. The number of primary amides is 1. The first kappa shape index (κ1) is 16.7. The molecule has 0 radical (unpaired) electrons. The monoisotopic (exact) mass is 351 g/mol. The molecule has 0 saturated heterocycles. The fourth-order valence-corrected chi connectivity index (χ4v) is 2.46. The zero-order valence-corrected chi connectivity index (χ0v) is 14.4. The first-order valence-corrected chi connectivity index (χ1v) is 7.80. The van der Waals surface area contributed by atoms with Gasteiger partial charge in [-0.05, 0) is 50.0 Å². The lowest BCUT2D eigenvalue weighted by Crippen LogP contribution is -2.18. The largest absolute Gasteiger partial charge is 0.363 e. The number of carbonyl (C=O) groups excluding carboxylic acids is 1. The second kappa shape index (κ2) is 6.75. The number of rotatable bonds is 2. The van der Waals surface area contributed by atoms with E-state index in [-0.39, 0.29) is 5.82 Å². The number of hydrogen-bond acceptors (Lipinski definition) is 4. The summed E-state index contributed by atoms with van der Waals surface area (Å²) in [6, 6.07) is 8.87. The first-order chi connectivity index (χ1) is 12.0. The summed E-state index contributed by atoms with van der Waals surface area (Å²) in [7, 11) is 0. The summed E-state index contributed by atoms with van der Waals surface area (Å²) < 4.78 is 1.64. The van der Waals surface area contributed by atoms with Crippen LogP contribution in [0.1, 0.15) is 33.4 Å². The molecule has 3 rings (SSSR count). The minimum Gasteiger partial charge on any atom is -0.363 e. The number of nitrogens with zero attached hydrogens (tertiary/aromatic N) is 4. The maximum absolute atomic E-state index is 11.8. The Hall–Kier alpha value is -3.17. The molecule has 0 aromatic carbocycles. The van der Waals surface area contributed by atoms with Crippen molar-refractivity contribution in [1.82, 2.24) is 19.5 Å². The van der Waals surface area contributed by atoms with E-state index in [1.54, 1.807) is 29.0 Å². The molecular weight excluding hydrogens is 338 g/mol. The highest BCUT2D eigenvalue weighted by atomic mass is 35.5. The summed E-state index contributed by atoms with van der Waals surface area (Å²) in [4.78, 5) is 24.4. The number of pyridine rings is 2.